The minimum Gasteiger partial charge on any atom is -0.375 e. The van der Waals surface area contributed by atoms with Crippen molar-refractivity contribution in [1.29, 1.82) is 0 Å². The summed E-state index contributed by atoms with van der Waals surface area (Å²) < 4.78 is 0.889. The Bertz CT molecular complexity index is 863. The summed E-state index contributed by atoms with van der Waals surface area (Å²) in [5.41, 5.74) is 7.90. The number of carbonyl (C=O) groups is 1. The average molecular weight is 352 g/mol. The SMILES string of the molecule is Nc1nc2ccc(C(=O)NCc3ccc(Cl)c(Cl)c3)cc2s1. The molecule has 0 saturated carbocycles. The van der Waals surface area contributed by atoms with Crippen molar-refractivity contribution >= 4 is 55.8 Å². The van der Waals surface area contributed by atoms with E-state index in [2.05, 4.69) is 10.3 Å². The molecule has 22 heavy (non-hydrogen) atoms. The number of hydrogen-bond donors (Lipinski definition) is 2. The van der Waals surface area contributed by atoms with Crippen LogP contribution in [0.25, 0.3) is 10.2 Å². The van der Waals surface area contributed by atoms with E-state index in [0.29, 0.717) is 27.3 Å². The average Bonchev–Trinajstić information content (AvgIpc) is 2.87. The number of fused-ring (bicyclic) bond motifs is 1. The molecular weight excluding hydrogens is 341 g/mol. The van der Waals surface area contributed by atoms with Crippen LogP contribution < -0.4 is 11.1 Å². The largest absolute Gasteiger partial charge is 0.375 e. The first-order valence-corrected chi connectivity index (χ1v) is 7.98. The van der Waals surface area contributed by atoms with Gasteiger partial charge in [-0.1, -0.05) is 40.6 Å². The van der Waals surface area contributed by atoms with Crippen molar-refractivity contribution in [3.63, 3.8) is 0 Å². The summed E-state index contributed by atoms with van der Waals surface area (Å²) in [5.74, 6) is -0.167. The summed E-state index contributed by atoms with van der Waals surface area (Å²) in [6.07, 6.45) is 0. The predicted molar refractivity (Wildman–Crippen MR) is 91.7 cm³/mol. The Morgan fingerprint density at radius 2 is 2.00 bits per heavy atom. The number of thiazole rings is 1. The van der Waals surface area contributed by atoms with Crippen molar-refractivity contribution < 1.29 is 4.79 Å². The molecule has 4 nitrogen and oxygen atoms in total. The number of amides is 1. The van der Waals surface area contributed by atoms with Crippen LogP contribution in [-0.4, -0.2) is 10.9 Å². The summed E-state index contributed by atoms with van der Waals surface area (Å²) in [4.78, 5) is 16.4. The zero-order valence-corrected chi connectivity index (χ0v) is 13.6. The predicted octanol–water partition coefficient (Wildman–Crippen LogP) is 4.12. The van der Waals surface area contributed by atoms with Crippen molar-refractivity contribution in [3.05, 3.63) is 57.6 Å². The van der Waals surface area contributed by atoms with E-state index in [4.69, 9.17) is 28.9 Å². The number of nitrogens with two attached hydrogens (primary N) is 1. The van der Waals surface area contributed by atoms with E-state index >= 15 is 0 Å². The number of hydrogen-bond acceptors (Lipinski definition) is 4. The number of aromatic nitrogens is 1. The van der Waals surface area contributed by atoms with Gasteiger partial charge in [0.2, 0.25) is 0 Å². The Labute approximate surface area is 140 Å². The van der Waals surface area contributed by atoms with Crippen molar-refractivity contribution in [3.8, 4) is 0 Å². The van der Waals surface area contributed by atoms with Gasteiger partial charge in [0.1, 0.15) is 0 Å². The third-order valence-electron chi connectivity index (χ3n) is 3.10. The normalized spacial score (nSPS) is 10.8. The highest BCUT2D eigenvalue weighted by Gasteiger charge is 2.09. The Hall–Kier alpha value is -1.82. The lowest BCUT2D eigenvalue weighted by Gasteiger charge is -2.06. The molecule has 0 atom stereocenters. The van der Waals surface area contributed by atoms with E-state index in [-0.39, 0.29) is 5.91 Å². The fraction of sp³-hybridized carbons (Fsp3) is 0.0667. The van der Waals surface area contributed by atoms with Crippen LogP contribution in [0.5, 0.6) is 0 Å². The third-order valence-corrected chi connectivity index (χ3v) is 4.69. The third kappa shape index (κ3) is 3.16. The van der Waals surface area contributed by atoms with Gasteiger partial charge in [0.05, 0.1) is 20.3 Å². The number of nitrogens with one attached hydrogen (secondary N) is 1. The number of nitrogens with zero attached hydrogens (tertiary/aromatic N) is 1. The van der Waals surface area contributed by atoms with Crippen LogP contribution in [0.4, 0.5) is 5.13 Å². The fourth-order valence-corrected chi connectivity index (χ4v) is 3.11. The highest BCUT2D eigenvalue weighted by molar-refractivity contribution is 7.22. The van der Waals surface area contributed by atoms with Crippen LogP contribution in [0.2, 0.25) is 10.0 Å². The molecule has 2 aromatic carbocycles. The lowest BCUT2D eigenvalue weighted by atomic mass is 10.2. The van der Waals surface area contributed by atoms with Gasteiger partial charge in [0, 0.05) is 12.1 Å². The van der Waals surface area contributed by atoms with Gasteiger partial charge in [0.25, 0.3) is 5.91 Å². The van der Waals surface area contributed by atoms with Gasteiger partial charge >= 0.3 is 0 Å². The molecule has 0 bridgehead atoms. The van der Waals surface area contributed by atoms with Crippen molar-refractivity contribution in [2.24, 2.45) is 0 Å². The first-order valence-electron chi connectivity index (χ1n) is 6.41. The molecule has 3 N–H and O–H groups in total. The van der Waals surface area contributed by atoms with Crippen LogP contribution >= 0.6 is 34.5 Å². The lowest BCUT2D eigenvalue weighted by Crippen LogP contribution is -2.22. The van der Waals surface area contributed by atoms with Crippen molar-refractivity contribution in [2.75, 3.05) is 5.73 Å². The summed E-state index contributed by atoms with van der Waals surface area (Å²) in [6.45, 7) is 0.374. The second-order valence-corrected chi connectivity index (χ2v) is 6.54. The maximum atomic E-state index is 12.2. The van der Waals surface area contributed by atoms with E-state index in [1.54, 1.807) is 30.3 Å². The van der Waals surface area contributed by atoms with Crippen molar-refractivity contribution in [2.45, 2.75) is 6.54 Å². The van der Waals surface area contributed by atoms with Crippen molar-refractivity contribution in [1.82, 2.24) is 10.3 Å². The summed E-state index contributed by atoms with van der Waals surface area (Å²) in [7, 11) is 0. The minimum atomic E-state index is -0.167. The Balaban J connectivity index is 1.73. The number of halogens is 2. The van der Waals surface area contributed by atoms with Gasteiger partial charge in [0.15, 0.2) is 5.13 Å². The van der Waals surface area contributed by atoms with Crippen LogP contribution in [0.3, 0.4) is 0 Å². The molecule has 0 radical (unpaired) electrons. The van der Waals surface area contributed by atoms with Crippen LogP contribution in [0, 0.1) is 0 Å². The molecule has 112 valence electrons. The smallest absolute Gasteiger partial charge is 0.251 e. The molecule has 0 aliphatic carbocycles. The maximum Gasteiger partial charge on any atom is 0.251 e. The quantitative estimate of drug-likeness (QED) is 0.745. The van der Waals surface area contributed by atoms with Gasteiger partial charge in [-0.05, 0) is 35.9 Å². The molecule has 1 heterocycles. The highest BCUT2D eigenvalue weighted by Crippen LogP contribution is 2.25. The summed E-state index contributed by atoms with van der Waals surface area (Å²) >= 11 is 13.2. The number of benzene rings is 2. The molecule has 3 rings (SSSR count). The molecule has 0 spiro atoms. The molecule has 0 aliphatic rings. The molecule has 3 aromatic rings. The van der Waals surface area contributed by atoms with E-state index in [9.17, 15) is 4.79 Å². The second kappa shape index (κ2) is 6.12. The van der Waals surface area contributed by atoms with Gasteiger partial charge < -0.3 is 11.1 Å². The topological polar surface area (TPSA) is 68.0 Å². The monoisotopic (exact) mass is 351 g/mol. The molecular formula is C15H11Cl2N3OS. The van der Waals surface area contributed by atoms with Gasteiger partial charge in [-0.2, -0.15) is 0 Å². The van der Waals surface area contributed by atoms with Crippen LogP contribution in [0.1, 0.15) is 15.9 Å². The number of carbonyl (C=O) groups excluding carboxylic acids is 1. The Morgan fingerprint density at radius 1 is 1.18 bits per heavy atom. The van der Waals surface area contributed by atoms with Gasteiger partial charge in [-0.25, -0.2) is 4.98 Å². The zero-order valence-electron chi connectivity index (χ0n) is 11.3. The van der Waals surface area contributed by atoms with E-state index < -0.39 is 0 Å². The molecule has 0 unspecified atom stereocenters. The van der Waals surface area contributed by atoms with Crippen LogP contribution in [-0.2, 0) is 6.54 Å². The zero-order chi connectivity index (χ0) is 15.7. The lowest BCUT2D eigenvalue weighted by molar-refractivity contribution is 0.0951. The second-order valence-electron chi connectivity index (χ2n) is 4.67. The molecule has 0 aliphatic heterocycles. The van der Waals surface area contributed by atoms with Crippen LogP contribution in [0.15, 0.2) is 36.4 Å². The first-order chi connectivity index (χ1) is 10.5. The number of rotatable bonds is 3. The Kier molecular flexibility index (Phi) is 4.20. The molecule has 1 amide bonds. The van der Waals surface area contributed by atoms with E-state index in [1.807, 2.05) is 6.07 Å². The highest BCUT2D eigenvalue weighted by atomic mass is 35.5. The molecule has 1 aromatic heterocycles. The fourth-order valence-electron chi connectivity index (χ4n) is 2.02. The van der Waals surface area contributed by atoms with E-state index in [1.165, 1.54) is 11.3 Å². The standard InChI is InChI=1S/C15H11Cl2N3OS/c16-10-3-1-8(5-11(10)17)7-19-14(21)9-2-4-12-13(6-9)22-15(18)20-12/h1-6H,7H2,(H2,18,20)(H,19,21). The maximum absolute atomic E-state index is 12.2. The number of nitrogen functional groups attached to an aromatic ring is 1. The van der Waals surface area contributed by atoms with E-state index in [0.717, 1.165) is 15.8 Å². The first kappa shape index (κ1) is 15.1. The molecule has 7 heteroatoms. The van der Waals surface area contributed by atoms with Gasteiger partial charge in [-0.3, -0.25) is 4.79 Å². The number of anilines is 1. The Morgan fingerprint density at radius 3 is 2.77 bits per heavy atom. The minimum absolute atomic E-state index is 0.167. The summed E-state index contributed by atoms with van der Waals surface area (Å²) in [6, 6.07) is 10.6. The molecule has 0 saturated heterocycles. The molecule has 0 fully saturated rings. The summed E-state index contributed by atoms with van der Waals surface area (Å²) in [5, 5.41) is 4.29. The van der Waals surface area contributed by atoms with Gasteiger partial charge in [-0.15, -0.1) is 0 Å².